The third-order valence-corrected chi connectivity index (χ3v) is 4.74. The van der Waals surface area contributed by atoms with Crippen molar-refractivity contribution in [3.8, 4) is 11.3 Å². The molecule has 4 aromatic heterocycles. The topological polar surface area (TPSA) is 109 Å². The standard InChI is InChI=1S/C18H14N6O2/c25-17-13(9-21-18(26)22-17)15-8-12(16-20-5-6-24(16)23-15)10-7-11(10)14-3-1-2-4-19-14/h1-6,8-11H,7H2,(H2,21,22,25,26)/t10-,11-/m1/s1. The van der Waals surface area contributed by atoms with Crippen molar-refractivity contribution in [2.24, 2.45) is 0 Å². The minimum atomic E-state index is -0.542. The summed E-state index contributed by atoms with van der Waals surface area (Å²) >= 11 is 0. The third kappa shape index (κ3) is 2.34. The first-order valence-corrected chi connectivity index (χ1v) is 8.28. The van der Waals surface area contributed by atoms with Crippen LogP contribution in [0, 0.1) is 0 Å². The van der Waals surface area contributed by atoms with Crippen LogP contribution < -0.4 is 11.2 Å². The predicted molar refractivity (Wildman–Crippen MR) is 94.0 cm³/mol. The van der Waals surface area contributed by atoms with Crippen LogP contribution in [0.25, 0.3) is 16.9 Å². The molecule has 5 rings (SSSR count). The third-order valence-electron chi connectivity index (χ3n) is 4.74. The number of H-pyrrole nitrogens is 2. The Hall–Kier alpha value is -3.55. The van der Waals surface area contributed by atoms with Gasteiger partial charge in [0.2, 0.25) is 0 Å². The highest BCUT2D eigenvalue weighted by Gasteiger charge is 2.42. The van der Waals surface area contributed by atoms with Gasteiger partial charge in [-0.2, -0.15) is 5.10 Å². The summed E-state index contributed by atoms with van der Waals surface area (Å²) in [6, 6.07) is 7.81. The van der Waals surface area contributed by atoms with Gasteiger partial charge in [-0.15, -0.1) is 0 Å². The van der Waals surface area contributed by atoms with Crippen LogP contribution in [0.5, 0.6) is 0 Å². The second-order valence-electron chi connectivity index (χ2n) is 6.37. The summed E-state index contributed by atoms with van der Waals surface area (Å²) < 4.78 is 1.67. The molecule has 26 heavy (non-hydrogen) atoms. The molecule has 8 nitrogen and oxygen atoms in total. The second kappa shape index (κ2) is 5.48. The number of rotatable bonds is 3. The van der Waals surface area contributed by atoms with E-state index < -0.39 is 11.2 Å². The van der Waals surface area contributed by atoms with Gasteiger partial charge in [-0.25, -0.2) is 14.3 Å². The molecule has 0 saturated heterocycles. The van der Waals surface area contributed by atoms with Crippen LogP contribution in [0.2, 0.25) is 0 Å². The van der Waals surface area contributed by atoms with Crippen molar-refractivity contribution >= 4 is 5.65 Å². The number of pyridine rings is 1. The van der Waals surface area contributed by atoms with Gasteiger partial charge >= 0.3 is 5.69 Å². The van der Waals surface area contributed by atoms with Crippen LogP contribution in [-0.2, 0) is 0 Å². The molecule has 0 unspecified atom stereocenters. The van der Waals surface area contributed by atoms with Crippen LogP contribution in [0.1, 0.15) is 29.5 Å². The summed E-state index contributed by atoms with van der Waals surface area (Å²) in [5.74, 6) is 0.610. The highest BCUT2D eigenvalue weighted by Crippen LogP contribution is 2.54. The van der Waals surface area contributed by atoms with Crippen molar-refractivity contribution in [2.75, 3.05) is 0 Å². The molecule has 4 aromatic rings. The molecule has 2 N–H and O–H groups in total. The number of nitrogens with one attached hydrogen (secondary N) is 2. The molecule has 1 saturated carbocycles. The molecular weight excluding hydrogens is 332 g/mol. The van der Waals surface area contributed by atoms with Gasteiger partial charge in [-0.05, 0) is 30.5 Å². The average molecular weight is 346 g/mol. The maximum Gasteiger partial charge on any atom is 0.325 e. The van der Waals surface area contributed by atoms with Gasteiger partial charge in [0.15, 0.2) is 5.65 Å². The Morgan fingerprint density at radius 2 is 2.04 bits per heavy atom. The number of aromatic nitrogens is 6. The van der Waals surface area contributed by atoms with Crippen LogP contribution in [0.15, 0.2) is 58.6 Å². The Bertz CT molecular complexity index is 1220. The maximum atomic E-state index is 12.1. The van der Waals surface area contributed by atoms with E-state index >= 15 is 0 Å². The summed E-state index contributed by atoms with van der Waals surface area (Å²) in [5, 5.41) is 4.46. The number of hydrogen-bond donors (Lipinski definition) is 2. The molecule has 0 spiro atoms. The molecule has 0 amide bonds. The molecule has 0 bridgehead atoms. The second-order valence-corrected chi connectivity index (χ2v) is 6.37. The quantitative estimate of drug-likeness (QED) is 0.583. The van der Waals surface area contributed by atoms with E-state index in [1.165, 1.54) is 6.20 Å². The van der Waals surface area contributed by atoms with Crippen LogP contribution in [0.4, 0.5) is 0 Å². The summed E-state index contributed by atoms with van der Waals surface area (Å²) in [6.07, 6.45) is 7.60. The van der Waals surface area contributed by atoms with E-state index in [1.54, 1.807) is 23.1 Å². The van der Waals surface area contributed by atoms with Gasteiger partial charge in [0.05, 0.1) is 11.3 Å². The lowest BCUT2D eigenvalue weighted by Gasteiger charge is -2.07. The molecule has 1 aliphatic rings. The predicted octanol–water partition coefficient (Wildman–Crippen LogP) is 1.44. The zero-order valence-electron chi connectivity index (χ0n) is 13.6. The highest BCUT2D eigenvalue weighted by molar-refractivity contribution is 5.63. The Morgan fingerprint density at radius 1 is 1.12 bits per heavy atom. The minimum Gasteiger partial charge on any atom is -0.313 e. The van der Waals surface area contributed by atoms with Crippen molar-refractivity contribution in [1.29, 1.82) is 0 Å². The van der Waals surface area contributed by atoms with Gasteiger partial charge in [-0.3, -0.25) is 14.8 Å². The molecule has 1 fully saturated rings. The van der Waals surface area contributed by atoms with Crippen molar-refractivity contribution in [2.45, 2.75) is 18.3 Å². The molecule has 0 aliphatic heterocycles. The summed E-state index contributed by atoms with van der Waals surface area (Å²) in [5.41, 5.74) is 2.66. The Balaban J connectivity index is 1.63. The number of hydrogen-bond acceptors (Lipinski definition) is 5. The van der Waals surface area contributed by atoms with Crippen molar-refractivity contribution < 1.29 is 0 Å². The number of aromatic amines is 2. The van der Waals surface area contributed by atoms with Crippen molar-refractivity contribution in [3.63, 3.8) is 0 Å². The first-order valence-electron chi connectivity index (χ1n) is 8.28. The molecule has 0 aromatic carbocycles. The van der Waals surface area contributed by atoms with Crippen molar-refractivity contribution in [3.05, 3.63) is 81.1 Å². The number of fused-ring (bicyclic) bond motifs is 1. The monoisotopic (exact) mass is 346 g/mol. The highest BCUT2D eigenvalue weighted by atomic mass is 16.2. The Morgan fingerprint density at radius 3 is 2.85 bits per heavy atom. The molecule has 0 radical (unpaired) electrons. The smallest absolute Gasteiger partial charge is 0.313 e. The lowest BCUT2D eigenvalue weighted by molar-refractivity contribution is 0.899. The van der Waals surface area contributed by atoms with E-state index in [2.05, 4.69) is 25.0 Å². The fraction of sp³-hybridized carbons (Fsp3) is 0.167. The first kappa shape index (κ1) is 14.8. The normalized spacial score (nSPS) is 18.9. The lowest BCUT2D eigenvalue weighted by atomic mass is 10.1. The van der Waals surface area contributed by atoms with E-state index in [0.717, 1.165) is 23.3 Å². The average Bonchev–Trinajstić information content (AvgIpc) is 3.30. The number of nitrogens with zero attached hydrogens (tertiary/aromatic N) is 4. The van der Waals surface area contributed by atoms with E-state index in [0.29, 0.717) is 17.2 Å². The summed E-state index contributed by atoms with van der Waals surface area (Å²) in [6.45, 7) is 0. The Kier molecular flexibility index (Phi) is 3.11. The van der Waals surface area contributed by atoms with Gasteiger partial charge in [0.25, 0.3) is 5.56 Å². The van der Waals surface area contributed by atoms with Gasteiger partial charge in [-0.1, -0.05) is 6.07 Å². The van der Waals surface area contributed by atoms with Crippen LogP contribution in [0.3, 0.4) is 0 Å². The van der Waals surface area contributed by atoms with Gasteiger partial charge in [0.1, 0.15) is 0 Å². The molecule has 1 aliphatic carbocycles. The van der Waals surface area contributed by atoms with E-state index in [9.17, 15) is 9.59 Å². The zero-order chi connectivity index (χ0) is 17.7. The largest absolute Gasteiger partial charge is 0.325 e. The minimum absolute atomic E-state index is 0.276. The summed E-state index contributed by atoms with van der Waals surface area (Å²) in [7, 11) is 0. The molecule has 128 valence electrons. The molecular formula is C18H14N6O2. The Labute approximate surface area is 146 Å². The molecule has 8 heteroatoms. The fourth-order valence-corrected chi connectivity index (χ4v) is 3.41. The van der Waals surface area contributed by atoms with E-state index in [-0.39, 0.29) is 5.92 Å². The fourth-order valence-electron chi connectivity index (χ4n) is 3.41. The SMILES string of the molecule is O=c1[nH]cc(-c2cc([C@@H]3C[C@H]3c3ccccn3)c3nccn3n2)c(=O)[nH]1. The van der Waals surface area contributed by atoms with Gasteiger partial charge < -0.3 is 4.98 Å². The van der Waals surface area contributed by atoms with Crippen molar-refractivity contribution in [1.82, 2.24) is 29.5 Å². The van der Waals surface area contributed by atoms with E-state index in [4.69, 9.17) is 0 Å². The molecule has 4 heterocycles. The van der Waals surface area contributed by atoms with Crippen LogP contribution >= 0.6 is 0 Å². The first-order chi connectivity index (χ1) is 12.7. The molecule has 2 atom stereocenters. The van der Waals surface area contributed by atoms with E-state index in [1.807, 2.05) is 24.3 Å². The van der Waals surface area contributed by atoms with Crippen LogP contribution in [-0.4, -0.2) is 29.5 Å². The summed E-state index contributed by atoms with van der Waals surface area (Å²) in [4.78, 5) is 37.0. The zero-order valence-corrected chi connectivity index (χ0v) is 13.6. The lowest BCUT2D eigenvalue weighted by Crippen LogP contribution is -2.23. The maximum absolute atomic E-state index is 12.1. The number of imidazole rings is 1. The van der Waals surface area contributed by atoms with Gasteiger partial charge in [0, 0.05) is 42.0 Å².